The van der Waals surface area contributed by atoms with Crippen LogP contribution in [-0.4, -0.2) is 17.0 Å². The molecule has 0 saturated heterocycles. The molecule has 4 heteroatoms. The first-order valence-electron chi connectivity index (χ1n) is 10.8. The Morgan fingerprint density at radius 1 is 0.625 bits per heavy atom. The number of amides is 1. The van der Waals surface area contributed by atoms with Crippen LogP contribution in [0.1, 0.15) is 23.0 Å². The smallest absolute Gasteiger partial charge is 0.307 e. The monoisotopic (exact) mass is 421 g/mol. The van der Waals surface area contributed by atoms with Gasteiger partial charge >= 0.3 is 5.97 Å². The topological polar surface area (TPSA) is 66.4 Å². The molecule has 1 fully saturated rings. The summed E-state index contributed by atoms with van der Waals surface area (Å²) in [4.78, 5) is 26.0. The van der Waals surface area contributed by atoms with E-state index in [4.69, 9.17) is 0 Å². The quantitative estimate of drug-likeness (QED) is 0.436. The van der Waals surface area contributed by atoms with Crippen molar-refractivity contribution in [3.8, 4) is 0 Å². The van der Waals surface area contributed by atoms with Crippen LogP contribution in [0.5, 0.6) is 0 Å². The van der Waals surface area contributed by atoms with Gasteiger partial charge < -0.3 is 10.4 Å². The van der Waals surface area contributed by atoms with Crippen LogP contribution in [0, 0.1) is 11.8 Å². The van der Waals surface area contributed by atoms with Gasteiger partial charge in [-0.15, -0.1) is 0 Å². The predicted molar refractivity (Wildman–Crippen MR) is 126 cm³/mol. The number of benzene rings is 4. The summed E-state index contributed by atoms with van der Waals surface area (Å²) in [7, 11) is 0. The molecule has 4 nitrogen and oxygen atoms in total. The van der Waals surface area contributed by atoms with Crippen molar-refractivity contribution in [2.45, 2.75) is 11.8 Å². The van der Waals surface area contributed by atoms with E-state index in [1.54, 1.807) is 0 Å². The maximum atomic E-state index is 13.7. The zero-order chi connectivity index (χ0) is 22.1. The fraction of sp³-hybridized carbons (Fsp3) is 0.143. The van der Waals surface area contributed by atoms with Crippen molar-refractivity contribution in [2.75, 3.05) is 5.32 Å². The molecule has 1 aliphatic carbocycles. The van der Waals surface area contributed by atoms with Crippen LogP contribution in [-0.2, 0) is 9.59 Å². The second-order valence-corrected chi connectivity index (χ2v) is 8.28. The molecule has 1 saturated carbocycles. The Morgan fingerprint density at radius 3 is 1.75 bits per heavy atom. The Bertz CT molecular complexity index is 1220. The van der Waals surface area contributed by atoms with Crippen LogP contribution in [0.2, 0.25) is 0 Å². The molecule has 4 aromatic rings. The number of carboxylic acid groups (broad SMARTS) is 1. The lowest BCUT2D eigenvalue weighted by Gasteiger charge is -2.49. The third-order valence-corrected chi connectivity index (χ3v) is 6.55. The lowest BCUT2D eigenvalue weighted by Crippen LogP contribution is -2.52. The summed E-state index contributed by atoms with van der Waals surface area (Å²) in [5.74, 6) is -2.96. The van der Waals surface area contributed by atoms with Gasteiger partial charge in [-0.25, -0.2) is 0 Å². The van der Waals surface area contributed by atoms with Gasteiger partial charge in [0.2, 0.25) is 5.91 Å². The van der Waals surface area contributed by atoms with Gasteiger partial charge in [-0.3, -0.25) is 9.59 Å². The van der Waals surface area contributed by atoms with Crippen LogP contribution in [0.4, 0.5) is 5.69 Å². The first-order valence-corrected chi connectivity index (χ1v) is 10.8. The number of carbonyl (C=O) groups is 2. The van der Waals surface area contributed by atoms with E-state index in [-0.39, 0.29) is 5.91 Å². The number of anilines is 1. The van der Waals surface area contributed by atoms with Gasteiger partial charge in [-0.2, -0.15) is 0 Å². The van der Waals surface area contributed by atoms with Crippen LogP contribution < -0.4 is 5.32 Å². The molecule has 2 atom stereocenters. The molecule has 158 valence electrons. The lowest BCUT2D eigenvalue weighted by atomic mass is 9.52. The number of fused-ring (bicyclic) bond motifs is 1. The third kappa shape index (κ3) is 3.44. The summed E-state index contributed by atoms with van der Waals surface area (Å²) < 4.78 is 0. The normalized spacial score (nSPS) is 22.1. The Morgan fingerprint density at radius 2 is 1.16 bits per heavy atom. The summed E-state index contributed by atoms with van der Waals surface area (Å²) in [6.07, 6.45) is 0. The van der Waals surface area contributed by atoms with Gasteiger partial charge in [-0.05, 0) is 22.6 Å². The van der Waals surface area contributed by atoms with Gasteiger partial charge in [0.25, 0.3) is 0 Å². The molecule has 0 spiro atoms. The maximum Gasteiger partial charge on any atom is 0.307 e. The highest BCUT2D eigenvalue weighted by atomic mass is 16.4. The molecular formula is C28H23NO3. The Balaban J connectivity index is 1.55. The molecule has 4 aromatic carbocycles. The molecule has 0 unspecified atom stereocenters. The van der Waals surface area contributed by atoms with E-state index in [0.717, 1.165) is 27.6 Å². The first-order chi connectivity index (χ1) is 15.6. The second-order valence-electron chi connectivity index (χ2n) is 8.28. The van der Waals surface area contributed by atoms with Crippen LogP contribution in [0.3, 0.4) is 0 Å². The highest BCUT2D eigenvalue weighted by molar-refractivity contribution is 6.04. The number of rotatable bonds is 5. The first kappa shape index (κ1) is 20.0. The van der Waals surface area contributed by atoms with Gasteiger partial charge in [0.05, 0.1) is 11.8 Å². The van der Waals surface area contributed by atoms with E-state index in [1.165, 1.54) is 0 Å². The molecule has 0 radical (unpaired) electrons. The van der Waals surface area contributed by atoms with E-state index >= 15 is 0 Å². The number of aliphatic carboxylic acids is 1. The molecular weight excluding hydrogens is 398 g/mol. The zero-order valence-corrected chi connectivity index (χ0v) is 17.4. The van der Waals surface area contributed by atoms with Gasteiger partial charge in [-0.1, -0.05) is 97.1 Å². The predicted octanol–water partition coefficient (Wildman–Crippen LogP) is 5.68. The highest BCUT2D eigenvalue weighted by Gasteiger charge is 2.58. The molecule has 0 heterocycles. The van der Waals surface area contributed by atoms with E-state index in [2.05, 4.69) is 5.32 Å². The van der Waals surface area contributed by atoms with E-state index in [0.29, 0.717) is 0 Å². The van der Waals surface area contributed by atoms with Crippen LogP contribution in [0.25, 0.3) is 10.8 Å². The number of hydrogen-bond donors (Lipinski definition) is 2. The van der Waals surface area contributed by atoms with E-state index < -0.39 is 29.6 Å². The average Bonchev–Trinajstić information content (AvgIpc) is 2.80. The Hall–Kier alpha value is -3.92. The Labute approximate surface area is 186 Å². The van der Waals surface area contributed by atoms with Crippen molar-refractivity contribution >= 4 is 28.3 Å². The second kappa shape index (κ2) is 8.31. The molecule has 1 amide bonds. The zero-order valence-electron chi connectivity index (χ0n) is 17.4. The van der Waals surface area contributed by atoms with Gasteiger partial charge in [0.1, 0.15) is 0 Å². The number of nitrogens with one attached hydrogen (secondary N) is 1. The van der Waals surface area contributed by atoms with Crippen LogP contribution >= 0.6 is 0 Å². The highest BCUT2D eigenvalue weighted by Crippen LogP contribution is 2.58. The summed E-state index contributed by atoms with van der Waals surface area (Å²) in [5, 5.41) is 15.2. The largest absolute Gasteiger partial charge is 0.481 e. The van der Waals surface area contributed by atoms with Crippen LogP contribution in [0.15, 0.2) is 103 Å². The molecule has 5 rings (SSSR count). The minimum atomic E-state index is -0.873. The molecule has 0 aromatic heterocycles. The minimum Gasteiger partial charge on any atom is -0.481 e. The minimum absolute atomic E-state index is 0.151. The number of carboxylic acids is 1. The molecule has 0 aliphatic heterocycles. The fourth-order valence-electron chi connectivity index (χ4n) is 5.11. The van der Waals surface area contributed by atoms with Crippen molar-refractivity contribution in [3.05, 3.63) is 114 Å². The maximum absolute atomic E-state index is 13.7. The summed E-state index contributed by atoms with van der Waals surface area (Å²) >= 11 is 0. The van der Waals surface area contributed by atoms with Crippen molar-refractivity contribution in [3.63, 3.8) is 0 Å². The standard InChI is InChI=1S/C28H23NO3/c30-27(29-22-17-9-15-18-10-7-8-16-21(18)22)25-23(19-11-3-1-4-12-19)26(28(31)32)24(25)20-13-5-2-6-14-20/h1-17,23-26H,(H,29,30)(H,31,32)/t23-,24-,25-,26-/m1/s1. The van der Waals surface area contributed by atoms with Crippen molar-refractivity contribution in [1.29, 1.82) is 0 Å². The SMILES string of the molecule is O=C(O)[C@H]1[C@H](c2ccccc2)[C@H](C(=O)Nc2cccc3ccccc23)[C@H]1c1ccccc1. The summed E-state index contributed by atoms with van der Waals surface area (Å²) in [6, 6.07) is 32.8. The molecule has 0 bridgehead atoms. The van der Waals surface area contributed by atoms with E-state index in [9.17, 15) is 14.7 Å². The van der Waals surface area contributed by atoms with E-state index in [1.807, 2.05) is 103 Å². The molecule has 1 aliphatic rings. The number of carbonyl (C=O) groups excluding carboxylic acids is 1. The van der Waals surface area contributed by atoms with Gasteiger partial charge in [0, 0.05) is 22.9 Å². The summed E-state index contributed by atoms with van der Waals surface area (Å²) in [5.41, 5.74) is 2.50. The fourth-order valence-corrected chi connectivity index (χ4v) is 5.11. The van der Waals surface area contributed by atoms with Crippen molar-refractivity contribution < 1.29 is 14.7 Å². The Kier molecular flexibility index (Phi) is 5.20. The molecule has 2 N–H and O–H groups in total. The van der Waals surface area contributed by atoms with Gasteiger partial charge in [0.15, 0.2) is 0 Å². The van der Waals surface area contributed by atoms with Crippen molar-refractivity contribution in [2.24, 2.45) is 11.8 Å². The molecule has 32 heavy (non-hydrogen) atoms. The summed E-state index contributed by atoms with van der Waals surface area (Å²) in [6.45, 7) is 0. The average molecular weight is 421 g/mol. The third-order valence-electron chi connectivity index (χ3n) is 6.55. The lowest BCUT2D eigenvalue weighted by molar-refractivity contribution is -0.152. The number of hydrogen-bond acceptors (Lipinski definition) is 2. The van der Waals surface area contributed by atoms with Crippen molar-refractivity contribution in [1.82, 2.24) is 0 Å².